The summed E-state index contributed by atoms with van der Waals surface area (Å²) in [5.41, 5.74) is 1.48. The zero-order chi connectivity index (χ0) is 19.7. The Labute approximate surface area is 174 Å². The second-order valence-corrected chi connectivity index (χ2v) is 7.46. The van der Waals surface area contributed by atoms with E-state index in [2.05, 4.69) is 42.8 Å². The third-order valence-electron chi connectivity index (χ3n) is 4.30. The van der Waals surface area contributed by atoms with Crippen molar-refractivity contribution < 1.29 is 9.53 Å². The Morgan fingerprint density at radius 3 is 2.89 bits per heavy atom. The molecule has 0 spiro atoms. The number of likely N-dealkylation sites (tertiary alicyclic amines) is 1. The summed E-state index contributed by atoms with van der Waals surface area (Å²) in [5, 5.41) is 4.61. The number of fused-ring (bicyclic) bond motifs is 1. The van der Waals surface area contributed by atoms with Crippen molar-refractivity contribution >= 4 is 55.8 Å². The molecule has 0 aliphatic carbocycles. The minimum Gasteiger partial charge on any atom is -0.471 e. The fraction of sp³-hybridized carbons (Fsp3) is 0.158. The van der Waals surface area contributed by atoms with E-state index in [4.69, 9.17) is 16.3 Å². The molecule has 1 aliphatic heterocycles. The monoisotopic (exact) mass is 459 g/mol. The molecule has 1 fully saturated rings. The number of halogens is 2. The average molecular weight is 461 g/mol. The van der Waals surface area contributed by atoms with Crippen molar-refractivity contribution in [3.8, 4) is 5.88 Å². The highest BCUT2D eigenvalue weighted by Crippen LogP contribution is 2.30. The Hall–Kier alpha value is -2.71. The first kappa shape index (κ1) is 18.6. The number of rotatable bonds is 5. The van der Waals surface area contributed by atoms with E-state index in [1.807, 2.05) is 12.1 Å². The number of ether oxygens (including phenoxy) is 1. The van der Waals surface area contributed by atoms with Crippen molar-refractivity contribution in [1.29, 1.82) is 0 Å². The molecule has 3 aromatic rings. The quantitative estimate of drug-likeness (QED) is 0.581. The molecule has 4 rings (SSSR count). The number of nitrogens with one attached hydrogen (secondary N) is 1. The van der Waals surface area contributed by atoms with Gasteiger partial charge in [-0.25, -0.2) is 15.0 Å². The highest BCUT2D eigenvalue weighted by molar-refractivity contribution is 9.10. The van der Waals surface area contributed by atoms with Gasteiger partial charge in [-0.2, -0.15) is 0 Å². The van der Waals surface area contributed by atoms with E-state index in [-0.39, 0.29) is 12.0 Å². The first-order valence-electron chi connectivity index (χ1n) is 8.44. The fourth-order valence-corrected chi connectivity index (χ4v) is 3.23. The van der Waals surface area contributed by atoms with Gasteiger partial charge in [-0.3, -0.25) is 4.79 Å². The number of amides is 1. The van der Waals surface area contributed by atoms with Gasteiger partial charge in [-0.15, -0.1) is 0 Å². The molecule has 9 heteroatoms. The van der Waals surface area contributed by atoms with Crippen LogP contribution in [0.1, 0.15) is 0 Å². The van der Waals surface area contributed by atoms with Crippen molar-refractivity contribution in [2.45, 2.75) is 6.10 Å². The van der Waals surface area contributed by atoms with Crippen LogP contribution >= 0.6 is 27.5 Å². The zero-order valence-electron chi connectivity index (χ0n) is 14.6. The lowest BCUT2D eigenvalue weighted by atomic mass is 10.1. The van der Waals surface area contributed by atoms with E-state index in [0.717, 1.165) is 15.5 Å². The highest BCUT2D eigenvalue weighted by atomic mass is 79.9. The second-order valence-electron chi connectivity index (χ2n) is 6.20. The highest BCUT2D eigenvalue weighted by Gasteiger charge is 2.31. The SMILES string of the molecule is C=CC(=O)N1CC(Oc2cc3c(Nc4ccc(Br)c(Cl)c4)ncnc3cn2)C1. The van der Waals surface area contributed by atoms with Crippen LogP contribution in [0.2, 0.25) is 5.02 Å². The molecular weight excluding hydrogens is 446 g/mol. The molecule has 1 aliphatic rings. The lowest BCUT2D eigenvalue weighted by Gasteiger charge is -2.37. The molecule has 2 aromatic heterocycles. The Morgan fingerprint density at radius 1 is 1.32 bits per heavy atom. The summed E-state index contributed by atoms with van der Waals surface area (Å²) in [6, 6.07) is 7.34. The first-order chi connectivity index (χ1) is 13.5. The van der Waals surface area contributed by atoms with Crippen LogP contribution in [0.25, 0.3) is 10.9 Å². The molecule has 0 unspecified atom stereocenters. The Balaban J connectivity index is 1.55. The molecule has 0 saturated carbocycles. The number of benzene rings is 1. The molecule has 7 nitrogen and oxygen atoms in total. The molecule has 28 heavy (non-hydrogen) atoms. The number of aromatic nitrogens is 3. The smallest absolute Gasteiger partial charge is 0.246 e. The van der Waals surface area contributed by atoms with Crippen LogP contribution in [0, 0.1) is 0 Å². The molecule has 1 saturated heterocycles. The van der Waals surface area contributed by atoms with Gasteiger partial charge < -0.3 is 15.0 Å². The maximum atomic E-state index is 11.5. The standard InChI is InChI=1S/C19H15BrClN5O2/c1-2-18(27)26-8-12(9-26)28-17-6-13-16(7-22-17)23-10-24-19(13)25-11-3-4-14(20)15(21)5-11/h2-7,10,12H,1,8-9H2,(H,23,24,25). The van der Waals surface area contributed by atoms with Crippen LogP contribution in [0.5, 0.6) is 5.88 Å². The van der Waals surface area contributed by atoms with Crippen LogP contribution in [-0.4, -0.2) is 45.0 Å². The number of hydrogen-bond donors (Lipinski definition) is 1. The van der Waals surface area contributed by atoms with Crippen LogP contribution in [0.15, 0.2) is 53.9 Å². The third kappa shape index (κ3) is 3.79. The van der Waals surface area contributed by atoms with E-state index in [0.29, 0.717) is 35.3 Å². The van der Waals surface area contributed by atoms with Crippen molar-refractivity contribution in [2.24, 2.45) is 0 Å². The molecule has 1 N–H and O–H groups in total. The number of hydrogen-bond acceptors (Lipinski definition) is 6. The average Bonchev–Trinajstić information content (AvgIpc) is 2.67. The predicted octanol–water partition coefficient (Wildman–Crippen LogP) is 3.96. The number of anilines is 2. The van der Waals surface area contributed by atoms with Gasteiger partial charge in [-0.05, 0) is 40.2 Å². The summed E-state index contributed by atoms with van der Waals surface area (Å²) in [6.45, 7) is 4.51. The minimum atomic E-state index is -0.0978. The molecule has 1 amide bonds. The maximum absolute atomic E-state index is 11.5. The summed E-state index contributed by atoms with van der Waals surface area (Å²) in [5.74, 6) is 0.974. The largest absolute Gasteiger partial charge is 0.471 e. The lowest BCUT2D eigenvalue weighted by molar-refractivity contribution is -0.134. The lowest BCUT2D eigenvalue weighted by Crippen LogP contribution is -2.55. The summed E-state index contributed by atoms with van der Waals surface area (Å²) in [4.78, 5) is 26.1. The molecule has 3 heterocycles. The van der Waals surface area contributed by atoms with E-state index in [1.54, 1.807) is 23.2 Å². The molecule has 142 valence electrons. The summed E-state index contributed by atoms with van der Waals surface area (Å²) in [7, 11) is 0. The fourth-order valence-electron chi connectivity index (χ4n) is 2.81. The van der Waals surface area contributed by atoms with E-state index in [9.17, 15) is 4.79 Å². The van der Waals surface area contributed by atoms with Crippen LogP contribution in [0.3, 0.4) is 0 Å². The van der Waals surface area contributed by atoms with Crippen LogP contribution < -0.4 is 10.1 Å². The number of pyridine rings is 1. The normalized spacial score (nSPS) is 13.9. The number of carbonyl (C=O) groups is 1. The van der Waals surface area contributed by atoms with Crippen molar-refractivity contribution in [3.05, 3.63) is 58.9 Å². The van der Waals surface area contributed by atoms with Crippen molar-refractivity contribution in [2.75, 3.05) is 18.4 Å². The molecular formula is C19H15BrClN5O2. The van der Waals surface area contributed by atoms with E-state index < -0.39 is 0 Å². The molecule has 0 bridgehead atoms. The molecule has 1 aromatic carbocycles. The Morgan fingerprint density at radius 2 is 2.14 bits per heavy atom. The Bertz CT molecular complexity index is 1070. The van der Waals surface area contributed by atoms with E-state index >= 15 is 0 Å². The van der Waals surface area contributed by atoms with Crippen LogP contribution in [-0.2, 0) is 4.79 Å². The van der Waals surface area contributed by atoms with Crippen LogP contribution in [0.4, 0.5) is 11.5 Å². The van der Waals surface area contributed by atoms with Gasteiger partial charge in [0.1, 0.15) is 18.2 Å². The molecule has 0 atom stereocenters. The van der Waals surface area contributed by atoms with Gasteiger partial charge >= 0.3 is 0 Å². The predicted molar refractivity (Wildman–Crippen MR) is 111 cm³/mol. The first-order valence-corrected chi connectivity index (χ1v) is 9.61. The molecule has 0 radical (unpaired) electrons. The number of carbonyl (C=O) groups excluding carboxylic acids is 1. The summed E-state index contributed by atoms with van der Waals surface area (Å²) < 4.78 is 6.69. The second kappa shape index (κ2) is 7.73. The van der Waals surface area contributed by atoms with Gasteiger partial charge in [0.05, 0.1) is 29.8 Å². The van der Waals surface area contributed by atoms with Crippen molar-refractivity contribution in [3.63, 3.8) is 0 Å². The maximum Gasteiger partial charge on any atom is 0.246 e. The van der Waals surface area contributed by atoms with Gasteiger partial charge in [-0.1, -0.05) is 18.2 Å². The van der Waals surface area contributed by atoms with Gasteiger partial charge in [0.2, 0.25) is 11.8 Å². The van der Waals surface area contributed by atoms with E-state index in [1.165, 1.54) is 12.4 Å². The third-order valence-corrected chi connectivity index (χ3v) is 5.53. The van der Waals surface area contributed by atoms with Gasteiger partial charge in [0.15, 0.2) is 0 Å². The van der Waals surface area contributed by atoms with Gasteiger partial charge in [0, 0.05) is 21.6 Å². The summed E-state index contributed by atoms with van der Waals surface area (Å²) >= 11 is 9.54. The van der Waals surface area contributed by atoms with Gasteiger partial charge in [0.25, 0.3) is 0 Å². The Kier molecular flexibility index (Phi) is 5.15. The number of nitrogens with zero attached hydrogens (tertiary/aromatic N) is 4. The van der Waals surface area contributed by atoms with Crippen molar-refractivity contribution in [1.82, 2.24) is 19.9 Å². The minimum absolute atomic E-state index is 0.0971. The summed E-state index contributed by atoms with van der Waals surface area (Å²) in [6.07, 6.45) is 4.31. The zero-order valence-corrected chi connectivity index (χ0v) is 16.9. The topological polar surface area (TPSA) is 80.2 Å².